The lowest BCUT2D eigenvalue weighted by Gasteiger charge is -2.20. The van der Waals surface area contributed by atoms with E-state index >= 15 is 0 Å². The van der Waals surface area contributed by atoms with E-state index in [1.54, 1.807) is 0 Å². The van der Waals surface area contributed by atoms with Crippen LogP contribution in [0.2, 0.25) is 0 Å². The summed E-state index contributed by atoms with van der Waals surface area (Å²) in [6, 6.07) is 7.63. The van der Waals surface area contributed by atoms with Crippen LogP contribution in [0.25, 0.3) is 10.4 Å². The molecule has 0 saturated carbocycles. The molecular formula is C18H22N3O3P. The van der Waals surface area contributed by atoms with Crippen molar-refractivity contribution in [3.05, 3.63) is 68.1 Å². The summed E-state index contributed by atoms with van der Waals surface area (Å²) in [6.07, 6.45) is 0. The largest absolute Gasteiger partial charge is 0.525 e. The molecule has 6 nitrogen and oxygen atoms in total. The first kappa shape index (κ1) is 18.9. The van der Waals surface area contributed by atoms with Gasteiger partial charge in [-0.3, -0.25) is 0 Å². The van der Waals surface area contributed by atoms with E-state index in [1.807, 2.05) is 65.8 Å². The molecule has 0 radical (unpaired) electrons. The molecule has 0 unspecified atom stereocenters. The molecule has 0 saturated heterocycles. The molecule has 0 bridgehead atoms. The normalized spacial score (nSPS) is 11.0. The molecule has 0 aromatic heterocycles. The first-order valence-electron chi connectivity index (χ1n) is 7.87. The van der Waals surface area contributed by atoms with Crippen LogP contribution in [0.3, 0.4) is 0 Å². The molecule has 0 heterocycles. The third-order valence-corrected chi connectivity index (χ3v) is 4.90. The van der Waals surface area contributed by atoms with Gasteiger partial charge in [0.2, 0.25) is 0 Å². The van der Waals surface area contributed by atoms with Crippen molar-refractivity contribution in [3.63, 3.8) is 0 Å². The molecule has 2 aromatic carbocycles. The Morgan fingerprint density at radius 2 is 1.12 bits per heavy atom. The fourth-order valence-corrected chi connectivity index (χ4v) is 4.20. The summed E-state index contributed by atoms with van der Waals surface area (Å²) in [6.45, 7) is 11.3. The van der Waals surface area contributed by atoms with Crippen molar-refractivity contribution in [2.45, 2.75) is 41.5 Å². The molecule has 0 aliphatic rings. The summed E-state index contributed by atoms with van der Waals surface area (Å²) >= 11 is 0. The van der Waals surface area contributed by atoms with Crippen LogP contribution in [0, 0.1) is 41.5 Å². The minimum absolute atomic E-state index is 0.406. The summed E-state index contributed by atoms with van der Waals surface area (Å²) in [5.74, 6) is 0.813. The van der Waals surface area contributed by atoms with E-state index in [9.17, 15) is 4.57 Å². The van der Waals surface area contributed by atoms with Crippen LogP contribution in [0.5, 0.6) is 11.5 Å². The van der Waals surface area contributed by atoms with E-state index in [0.717, 1.165) is 33.4 Å². The van der Waals surface area contributed by atoms with Crippen molar-refractivity contribution in [1.82, 2.24) is 0 Å². The van der Waals surface area contributed by atoms with Crippen molar-refractivity contribution < 1.29 is 13.6 Å². The number of azide groups is 1. The van der Waals surface area contributed by atoms with Crippen LogP contribution in [-0.2, 0) is 4.57 Å². The molecule has 2 aromatic rings. The highest BCUT2D eigenvalue weighted by atomic mass is 31.2. The van der Waals surface area contributed by atoms with Crippen LogP contribution < -0.4 is 9.05 Å². The Labute approximate surface area is 148 Å². The molecule has 0 N–H and O–H groups in total. The molecule has 132 valence electrons. The van der Waals surface area contributed by atoms with Crippen molar-refractivity contribution >= 4 is 7.75 Å². The minimum atomic E-state index is -4.09. The predicted octanol–water partition coefficient (Wildman–Crippen LogP) is 6.41. The second-order valence-electron chi connectivity index (χ2n) is 6.29. The Balaban J connectivity index is 2.47. The average molecular weight is 359 g/mol. The standard InChI is InChI=1S/C18H22N3O3P/c1-11-7-13(3)17(14(4)8-11)23-25(22,21-20-19)24-18-15(5)9-12(2)10-16(18)6/h7-10H,1-6H3. The molecule has 0 aliphatic carbocycles. The minimum Gasteiger partial charge on any atom is -0.411 e. The maximum atomic E-state index is 13.1. The van der Waals surface area contributed by atoms with Crippen LogP contribution in [0.15, 0.2) is 29.2 Å². The maximum Gasteiger partial charge on any atom is 0.525 e. The highest BCUT2D eigenvalue weighted by Crippen LogP contribution is 2.52. The predicted molar refractivity (Wildman–Crippen MR) is 99.3 cm³/mol. The van der Waals surface area contributed by atoms with Gasteiger partial charge in [0.1, 0.15) is 11.5 Å². The van der Waals surface area contributed by atoms with Gasteiger partial charge in [-0.2, -0.15) is 0 Å². The van der Waals surface area contributed by atoms with Crippen molar-refractivity contribution in [1.29, 1.82) is 0 Å². The summed E-state index contributed by atoms with van der Waals surface area (Å²) in [5.41, 5.74) is 14.2. The molecule has 2 rings (SSSR count). The van der Waals surface area contributed by atoms with Crippen molar-refractivity contribution in [2.24, 2.45) is 4.88 Å². The van der Waals surface area contributed by atoms with E-state index < -0.39 is 7.75 Å². The quantitative estimate of drug-likeness (QED) is 0.267. The number of hydrogen-bond donors (Lipinski definition) is 0. The molecule has 0 atom stereocenters. The second-order valence-corrected chi connectivity index (χ2v) is 7.77. The summed E-state index contributed by atoms with van der Waals surface area (Å²) in [5, 5.41) is 0. The van der Waals surface area contributed by atoms with Crippen LogP contribution in [-0.4, -0.2) is 0 Å². The molecule has 0 amide bonds. The zero-order chi connectivity index (χ0) is 18.8. The molecule has 0 fully saturated rings. The van der Waals surface area contributed by atoms with Gasteiger partial charge in [0.25, 0.3) is 0 Å². The third kappa shape index (κ3) is 4.36. The van der Waals surface area contributed by atoms with Gasteiger partial charge >= 0.3 is 7.75 Å². The Morgan fingerprint density at radius 1 is 0.800 bits per heavy atom. The van der Waals surface area contributed by atoms with Gasteiger partial charge in [-0.05, 0) is 69.3 Å². The van der Waals surface area contributed by atoms with E-state index in [0.29, 0.717) is 11.5 Å². The first-order chi connectivity index (χ1) is 11.6. The Morgan fingerprint density at radius 3 is 1.40 bits per heavy atom. The molecule has 0 spiro atoms. The monoisotopic (exact) mass is 359 g/mol. The Bertz CT molecular complexity index is 808. The second kappa shape index (κ2) is 7.22. The van der Waals surface area contributed by atoms with Gasteiger partial charge < -0.3 is 9.05 Å². The number of rotatable bonds is 5. The lowest BCUT2D eigenvalue weighted by atomic mass is 10.1. The van der Waals surface area contributed by atoms with Crippen LogP contribution >= 0.6 is 7.75 Å². The molecular weight excluding hydrogens is 337 g/mol. The summed E-state index contributed by atoms with van der Waals surface area (Å²) in [7, 11) is -4.09. The molecule has 7 heteroatoms. The number of benzene rings is 2. The number of nitrogens with zero attached hydrogens (tertiary/aromatic N) is 3. The van der Waals surface area contributed by atoms with Gasteiger partial charge in [-0.15, -0.1) is 0 Å². The van der Waals surface area contributed by atoms with Gasteiger partial charge in [-0.25, -0.2) is 4.57 Å². The fraction of sp³-hybridized carbons (Fsp3) is 0.333. The fourth-order valence-electron chi connectivity index (χ4n) is 2.96. The van der Waals surface area contributed by atoms with Crippen LogP contribution in [0.4, 0.5) is 0 Å². The van der Waals surface area contributed by atoms with Gasteiger partial charge in [0.05, 0.1) is 0 Å². The Hall–Kier alpha value is -2.42. The first-order valence-corrected chi connectivity index (χ1v) is 9.36. The lowest BCUT2D eigenvalue weighted by molar-refractivity contribution is 0.382. The van der Waals surface area contributed by atoms with E-state index in [2.05, 4.69) is 9.80 Å². The van der Waals surface area contributed by atoms with Crippen molar-refractivity contribution in [2.75, 3.05) is 0 Å². The SMILES string of the molecule is Cc1cc(C)c(OP(=O)(N=[N+]=[N-])Oc2c(C)cc(C)cc2C)c(C)c1. The Kier molecular flexibility index (Phi) is 5.46. The zero-order valence-corrected chi connectivity index (χ0v) is 16.2. The van der Waals surface area contributed by atoms with E-state index in [-0.39, 0.29) is 0 Å². The third-order valence-electron chi connectivity index (χ3n) is 3.77. The summed E-state index contributed by atoms with van der Waals surface area (Å²) < 4.78 is 24.3. The van der Waals surface area contributed by atoms with E-state index in [4.69, 9.17) is 14.6 Å². The lowest BCUT2D eigenvalue weighted by Crippen LogP contribution is -2.03. The topological polar surface area (TPSA) is 84.3 Å². The number of hydrogen-bond acceptors (Lipinski definition) is 3. The maximum absolute atomic E-state index is 13.1. The van der Waals surface area contributed by atoms with Gasteiger partial charge in [0, 0.05) is 9.80 Å². The molecule has 25 heavy (non-hydrogen) atoms. The smallest absolute Gasteiger partial charge is 0.411 e. The van der Waals surface area contributed by atoms with Crippen LogP contribution in [0.1, 0.15) is 33.4 Å². The molecule has 0 aliphatic heterocycles. The number of aryl methyl sites for hydroxylation is 6. The van der Waals surface area contributed by atoms with E-state index in [1.165, 1.54) is 0 Å². The highest BCUT2D eigenvalue weighted by Gasteiger charge is 2.30. The van der Waals surface area contributed by atoms with Gasteiger partial charge in [0.15, 0.2) is 0 Å². The van der Waals surface area contributed by atoms with Gasteiger partial charge in [-0.1, -0.05) is 35.4 Å². The summed E-state index contributed by atoms with van der Waals surface area (Å²) in [4.78, 5) is 6.01. The zero-order valence-electron chi connectivity index (χ0n) is 15.3. The highest BCUT2D eigenvalue weighted by molar-refractivity contribution is 7.53. The average Bonchev–Trinajstić information content (AvgIpc) is 2.47. The van der Waals surface area contributed by atoms with Crippen molar-refractivity contribution in [3.8, 4) is 11.5 Å².